The molecule has 0 heterocycles. The number of amides is 1. The molecule has 0 aliphatic carbocycles. The lowest BCUT2D eigenvalue weighted by Gasteiger charge is -2.14. The molecule has 1 atom stereocenters. The second kappa shape index (κ2) is 9.70. The molecular weight excluding hydrogens is 393 g/mol. The van der Waals surface area contributed by atoms with Crippen molar-refractivity contribution in [2.45, 2.75) is 36.5 Å². The van der Waals surface area contributed by atoms with E-state index in [2.05, 4.69) is 5.32 Å². The van der Waals surface area contributed by atoms with Crippen molar-refractivity contribution in [1.29, 1.82) is 0 Å². The van der Waals surface area contributed by atoms with Crippen LogP contribution in [0.15, 0.2) is 47.4 Å². The van der Waals surface area contributed by atoms with Gasteiger partial charge in [0.05, 0.1) is 13.2 Å². The molecule has 2 aromatic carbocycles. The van der Waals surface area contributed by atoms with Crippen molar-refractivity contribution in [3.63, 3.8) is 0 Å². The maximum absolute atomic E-state index is 12.4. The van der Waals surface area contributed by atoms with Crippen molar-refractivity contribution in [2.75, 3.05) is 7.11 Å². The van der Waals surface area contributed by atoms with Gasteiger partial charge in [0.15, 0.2) is 11.5 Å². The number of primary amides is 1. The molecule has 0 bridgehead atoms. The van der Waals surface area contributed by atoms with E-state index in [9.17, 15) is 18.0 Å². The standard InChI is InChI=1S/C19H21F3N2O3S/c1-12(18(23)25)24-10-14-5-8-16(17(9-14)26-2)27-11-13-3-6-15(7-4-13)28-19(20,21)22/h3-9,12,24H,10-11H2,1-2H3,(H2,23,25)/t12-/m0/s1. The van der Waals surface area contributed by atoms with Gasteiger partial charge >= 0.3 is 5.51 Å². The van der Waals surface area contributed by atoms with Gasteiger partial charge in [0, 0.05) is 11.4 Å². The molecule has 1 amide bonds. The Morgan fingerprint density at radius 3 is 2.36 bits per heavy atom. The van der Waals surface area contributed by atoms with E-state index in [4.69, 9.17) is 15.2 Å². The van der Waals surface area contributed by atoms with E-state index in [0.717, 1.165) is 11.1 Å². The third-order valence-corrected chi connectivity index (χ3v) is 4.56. The van der Waals surface area contributed by atoms with Crippen LogP contribution in [-0.2, 0) is 17.9 Å². The normalized spacial score (nSPS) is 12.5. The molecule has 0 saturated carbocycles. The quantitative estimate of drug-likeness (QED) is 0.610. The first kappa shape index (κ1) is 21.9. The summed E-state index contributed by atoms with van der Waals surface area (Å²) >= 11 is -0.156. The van der Waals surface area contributed by atoms with Crippen LogP contribution in [0.25, 0.3) is 0 Å². The summed E-state index contributed by atoms with van der Waals surface area (Å²) in [5.41, 5.74) is 2.51. The number of ether oxygens (including phenoxy) is 2. The number of nitrogens with two attached hydrogens (primary N) is 1. The Morgan fingerprint density at radius 1 is 1.14 bits per heavy atom. The van der Waals surface area contributed by atoms with Gasteiger partial charge in [-0.3, -0.25) is 4.79 Å². The highest BCUT2D eigenvalue weighted by atomic mass is 32.2. The van der Waals surface area contributed by atoms with Crippen molar-refractivity contribution in [2.24, 2.45) is 5.73 Å². The highest BCUT2D eigenvalue weighted by molar-refractivity contribution is 8.00. The van der Waals surface area contributed by atoms with Crippen molar-refractivity contribution in [3.05, 3.63) is 53.6 Å². The molecule has 0 unspecified atom stereocenters. The number of carbonyl (C=O) groups is 1. The lowest BCUT2D eigenvalue weighted by Crippen LogP contribution is -2.38. The molecule has 0 fully saturated rings. The Balaban J connectivity index is 1.97. The fraction of sp³-hybridized carbons (Fsp3) is 0.316. The lowest BCUT2D eigenvalue weighted by molar-refractivity contribution is -0.119. The van der Waals surface area contributed by atoms with Gasteiger partial charge in [-0.25, -0.2) is 0 Å². The van der Waals surface area contributed by atoms with Gasteiger partial charge in [0.1, 0.15) is 6.61 Å². The van der Waals surface area contributed by atoms with Crippen LogP contribution in [0.1, 0.15) is 18.1 Å². The van der Waals surface area contributed by atoms with Crippen molar-refractivity contribution >= 4 is 17.7 Å². The molecule has 28 heavy (non-hydrogen) atoms. The molecule has 0 radical (unpaired) electrons. The molecule has 0 saturated heterocycles. The third-order valence-electron chi connectivity index (χ3n) is 3.82. The number of hydrogen-bond donors (Lipinski definition) is 2. The third kappa shape index (κ3) is 6.97. The summed E-state index contributed by atoms with van der Waals surface area (Å²) in [5, 5.41) is 3.00. The van der Waals surface area contributed by atoms with E-state index in [1.165, 1.54) is 19.2 Å². The van der Waals surface area contributed by atoms with Gasteiger partial charge in [-0.15, -0.1) is 0 Å². The lowest BCUT2D eigenvalue weighted by atomic mass is 10.2. The topological polar surface area (TPSA) is 73.6 Å². The minimum Gasteiger partial charge on any atom is -0.493 e. The van der Waals surface area contributed by atoms with Crippen molar-refractivity contribution < 1.29 is 27.4 Å². The van der Waals surface area contributed by atoms with Crippen molar-refractivity contribution in [3.8, 4) is 11.5 Å². The molecule has 5 nitrogen and oxygen atoms in total. The Bertz CT molecular complexity index is 798. The number of alkyl halides is 3. The maximum atomic E-state index is 12.4. The fourth-order valence-electron chi connectivity index (χ4n) is 2.26. The number of halogens is 3. The number of benzene rings is 2. The SMILES string of the molecule is COc1cc(CN[C@@H](C)C(N)=O)ccc1OCc1ccc(SC(F)(F)F)cc1. The van der Waals surface area contributed by atoms with Crippen LogP contribution >= 0.6 is 11.8 Å². The minimum absolute atomic E-state index is 0.121. The Hall–Kier alpha value is -2.39. The molecule has 152 valence electrons. The number of hydrogen-bond acceptors (Lipinski definition) is 5. The summed E-state index contributed by atoms with van der Waals surface area (Å²) in [4.78, 5) is 11.2. The van der Waals surface area contributed by atoms with E-state index >= 15 is 0 Å². The summed E-state index contributed by atoms with van der Waals surface area (Å²) in [6, 6.07) is 10.9. The van der Waals surface area contributed by atoms with E-state index < -0.39 is 17.5 Å². The van der Waals surface area contributed by atoms with Crippen LogP contribution in [0.2, 0.25) is 0 Å². The number of methoxy groups -OCH3 is 1. The first-order valence-electron chi connectivity index (χ1n) is 8.35. The van der Waals surface area contributed by atoms with Crippen LogP contribution in [0.4, 0.5) is 13.2 Å². The average Bonchev–Trinajstić information content (AvgIpc) is 2.64. The second-order valence-electron chi connectivity index (χ2n) is 5.97. The number of carbonyl (C=O) groups excluding carboxylic acids is 1. The molecule has 2 aromatic rings. The van der Waals surface area contributed by atoms with Gasteiger partial charge in [-0.1, -0.05) is 18.2 Å². The molecule has 9 heteroatoms. The van der Waals surface area contributed by atoms with Gasteiger partial charge in [-0.2, -0.15) is 13.2 Å². The smallest absolute Gasteiger partial charge is 0.446 e. The zero-order chi connectivity index (χ0) is 20.7. The van der Waals surface area contributed by atoms with Gasteiger partial charge in [0.2, 0.25) is 5.91 Å². The molecule has 0 aliphatic heterocycles. The summed E-state index contributed by atoms with van der Waals surface area (Å²) in [6.07, 6.45) is 0. The molecule has 0 spiro atoms. The van der Waals surface area contributed by atoms with Crippen LogP contribution in [0.5, 0.6) is 11.5 Å². The zero-order valence-corrected chi connectivity index (χ0v) is 16.2. The Labute approximate surface area is 165 Å². The van der Waals surface area contributed by atoms with E-state index in [-0.39, 0.29) is 23.3 Å². The molecule has 0 aliphatic rings. The molecule has 2 rings (SSSR count). The predicted octanol–water partition coefficient (Wildman–Crippen LogP) is 3.85. The zero-order valence-electron chi connectivity index (χ0n) is 15.4. The molecule has 0 aromatic heterocycles. The first-order valence-corrected chi connectivity index (χ1v) is 9.16. The van der Waals surface area contributed by atoms with E-state index in [0.29, 0.717) is 18.0 Å². The monoisotopic (exact) mass is 414 g/mol. The Morgan fingerprint density at radius 2 is 1.79 bits per heavy atom. The number of rotatable bonds is 9. The van der Waals surface area contributed by atoms with Crippen LogP contribution in [0, 0.1) is 0 Å². The minimum atomic E-state index is -4.31. The summed E-state index contributed by atoms with van der Waals surface area (Å²) in [5.74, 6) is 0.574. The Kier molecular flexibility index (Phi) is 7.59. The van der Waals surface area contributed by atoms with Crippen molar-refractivity contribution in [1.82, 2.24) is 5.32 Å². The van der Waals surface area contributed by atoms with Gasteiger partial charge in [0.25, 0.3) is 0 Å². The predicted molar refractivity (Wildman–Crippen MR) is 101 cm³/mol. The average molecular weight is 414 g/mol. The summed E-state index contributed by atoms with van der Waals surface area (Å²) in [7, 11) is 1.51. The van der Waals surface area contributed by atoms with Gasteiger partial charge < -0.3 is 20.5 Å². The number of thioether (sulfide) groups is 1. The second-order valence-corrected chi connectivity index (χ2v) is 7.11. The van der Waals surface area contributed by atoms with E-state index in [1.54, 1.807) is 31.2 Å². The largest absolute Gasteiger partial charge is 0.493 e. The van der Waals surface area contributed by atoms with Crippen LogP contribution < -0.4 is 20.5 Å². The summed E-state index contributed by atoms with van der Waals surface area (Å²) < 4.78 is 48.1. The van der Waals surface area contributed by atoms with E-state index in [1.807, 2.05) is 6.07 Å². The number of nitrogens with one attached hydrogen (secondary N) is 1. The highest BCUT2D eigenvalue weighted by Crippen LogP contribution is 2.36. The summed E-state index contributed by atoms with van der Waals surface area (Å²) in [6.45, 7) is 2.29. The van der Waals surface area contributed by atoms with Gasteiger partial charge in [-0.05, 0) is 54.1 Å². The maximum Gasteiger partial charge on any atom is 0.446 e. The van der Waals surface area contributed by atoms with Crippen LogP contribution in [-0.4, -0.2) is 24.6 Å². The molecular formula is C19H21F3N2O3S. The first-order chi connectivity index (χ1) is 13.2. The highest BCUT2D eigenvalue weighted by Gasteiger charge is 2.29. The molecule has 3 N–H and O–H groups in total. The fourth-order valence-corrected chi connectivity index (χ4v) is 2.80. The van der Waals surface area contributed by atoms with Crippen LogP contribution in [0.3, 0.4) is 0 Å².